The largest absolute Gasteiger partial charge is 0.207 e. The van der Waals surface area contributed by atoms with E-state index in [-0.39, 0.29) is 11.2 Å². The summed E-state index contributed by atoms with van der Waals surface area (Å²) in [5, 5.41) is 0. The smallest absolute Gasteiger partial charge is 0.126 e. The summed E-state index contributed by atoms with van der Waals surface area (Å²) >= 11 is 0. The van der Waals surface area contributed by atoms with Gasteiger partial charge in [0, 0.05) is 0 Å². The molecule has 0 fully saturated rings. The van der Waals surface area contributed by atoms with Crippen LogP contribution in [-0.2, 0) is 5.41 Å². The molecule has 0 aliphatic carbocycles. The van der Waals surface area contributed by atoms with Gasteiger partial charge in [-0.1, -0.05) is 45.7 Å². The highest BCUT2D eigenvalue weighted by atomic mass is 19.1. The molecule has 84 valence electrons. The van der Waals surface area contributed by atoms with Crippen molar-refractivity contribution in [1.82, 2.24) is 0 Å². The minimum atomic E-state index is -0.0860. The highest BCUT2D eigenvalue weighted by molar-refractivity contribution is 5.28. The highest BCUT2D eigenvalue weighted by Gasteiger charge is 2.20. The lowest BCUT2D eigenvalue weighted by atomic mass is 9.80. The molecule has 0 aromatic heterocycles. The molecule has 0 aliphatic rings. The predicted octanol–water partition coefficient (Wildman–Crippen LogP) is 4.60. The lowest BCUT2D eigenvalue weighted by Gasteiger charge is -2.25. The Balaban J connectivity index is 2.89. The second-order valence-corrected chi connectivity index (χ2v) is 4.95. The zero-order chi connectivity index (χ0) is 11.5. The van der Waals surface area contributed by atoms with Gasteiger partial charge in [-0.25, -0.2) is 4.39 Å². The van der Waals surface area contributed by atoms with Gasteiger partial charge in [-0.2, -0.15) is 0 Å². The minimum Gasteiger partial charge on any atom is -0.207 e. The third-order valence-electron chi connectivity index (χ3n) is 3.11. The van der Waals surface area contributed by atoms with Gasteiger partial charge in [0.25, 0.3) is 0 Å². The van der Waals surface area contributed by atoms with Crippen LogP contribution in [0.3, 0.4) is 0 Å². The van der Waals surface area contributed by atoms with Gasteiger partial charge in [0.2, 0.25) is 0 Å². The summed E-state index contributed by atoms with van der Waals surface area (Å²) in [5.74, 6) is -0.0860. The van der Waals surface area contributed by atoms with Crippen molar-refractivity contribution in [2.24, 2.45) is 0 Å². The van der Waals surface area contributed by atoms with E-state index in [1.165, 1.54) is 12.8 Å². The van der Waals surface area contributed by atoms with E-state index in [9.17, 15) is 4.39 Å². The molecule has 0 N–H and O–H groups in total. The number of aryl methyl sites for hydroxylation is 1. The third kappa shape index (κ3) is 3.05. The molecule has 0 saturated heterocycles. The molecular weight excluding hydrogens is 187 g/mol. The van der Waals surface area contributed by atoms with Crippen LogP contribution >= 0.6 is 0 Å². The summed E-state index contributed by atoms with van der Waals surface area (Å²) in [5.41, 5.74) is 1.92. The molecule has 0 unspecified atom stereocenters. The van der Waals surface area contributed by atoms with E-state index in [1.807, 2.05) is 12.1 Å². The lowest BCUT2D eigenvalue weighted by molar-refractivity contribution is 0.454. The van der Waals surface area contributed by atoms with E-state index in [0.29, 0.717) is 0 Å². The average molecular weight is 208 g/mol. The summed E-state index contributed by atoms with van der Waals surface area (Å²) in [4.78, 5) is 0. The molecule has 0 amide bonds. The van der Waals surface area contributed by atoms with Gasteiger partial charge in [-0.05, 0) is 36.0 Å². The molecule has 0 radical (unpaired) electrons. The Morgan fingerprint density at radius 2 is 1.93 bits per heavy atom. The molecule has 0 spiro atoms. The molecular formula is C14H21F. The van der Waals surface area contributed by atoms with Crippen LogP contribution in [0, 0.1) is 12.7 Å². The van der Waals surface area contributed by atoms with E-state index in [4.69, 9.17) is 0 Å². The first-order valence-corrected chi connectivity index (χ1v) is 5.74. The quantitative estimate of drug-likeness (QED) is 0.678. The van der Waals surface area contributed by atoms with Crippen LogP contribution in [0.5, 0.6) is 0 Å². The normalized spacial score (nSPS) is 11.8. The minimum absolute atomic E-state index is 0.0860. The Morgan fingerprint density at radius 3 is 2.47 bits per heavy atom. The van der Waals surface area contributed by atoms with Gasteiger partial charge in [-0.3, -0.25) is 0 Å². The number of hydrogen-bond acceptors (Lipinski definition) is 0. The maximum Gasteiger partial charge on any atom is 0.126 e. The van der Waals surface area contributed by atoms with Gasteiger partial charge in [0.05, 0.1) is 0 Å². The van der Waals surface area contributed by atoms with E-state index >= 15 is 0 Å². The van der Waals surface area contributed by atoms with Gasteiger partial charge in [0.1, 0.15) is 5.82 Å². The van der Waals surface area contributed by atoms with Gasteiger partial charge < -0.3 is 0 Å². The highest BCUT2D eigenvalue weighted by Crippen LogP contribution is 2.29. The Hall–Kier alpha value is -0.850. The number of rotatable bonds is 4. The topological polar surface area (TPSA) is 0 Å². The van der Waals surface area contributed by atoms with Gasteiger partial charge in [0.15, 0.2) is 0 Å². The second kappa shape index (κ2) is 4.78. The molecule has 0 nitrogen and oxygen atoms in total. The first-order chi connectivity index (χ1) is 6.97. The van der Waals surface area contributed by atoms with Crippen molar-refractivity contribution in [2.75, 3.05) is 0 Å². The van der Waals surface area contributed by atoms with Crippen LogP contribution in [0.2, 0.25) is 0 Å². The van der Waals surface area contributed by atoms with Crippen molar-refractivity contribution in [2.45, 2.75) is 52.4 Å². The maximum atomic E-state index is 13.4. The SMILES string of the molecule is CCCCC(C)(C)c1ccc(C)c(F)c1. The zero-order valence-electron chi connectivity index (χ0n) is 10.2. The molecule has 1 heteroatoms. The van der Waals surface area contributed by atoms with Crippen molar-refractivity contribution in [1.29, 1.82) is 0 Å². The molecule has 1 aromatic carbocycles. The molecule has 0 atom stereocenters. The standard InChI is InChI=1S/C14H21F/c1-5-6-9-14(3,4)12-8-7-11(2)13(15)10-12/h7-8,10H,5-6,9H2,1-4H3. The molecule has 15 heavy (non-hydrogen) atoms. The first-order valence-electron chi connectivity index (χ1n) is 5.74. The Labute approximate surface area is 92.5 Å². The Kier molecular flexibility index (Phi) is 3.90. The molecule has 1 aromatic rings. The van der Waals surface area contributed by atoms with Crippen molar-refractivity contribution in [3.8, 4) is 0 Å². The average Bonchev–Trinajstić information content (AvgIpc) is 2.19. The number of benzene rings is 1. The first kappa shape index (κ1) is 12.2. The zero-order valence-corrected chi connectivity index (χ0v) is 10.2. The van der Waals surface area contributed by atoms with Crippen molar-refractivity contribution >= 4 is 0 Å². The van der Waals surface area contributed by atoms with E-state index in [0.717, 1.165) is 17.5 Å². The fraction of sp³-hybridized carbons (Fsp3) is 0.571. The van der Waals surface area contributed by atoms with Crippen LogP contribution < -0.4 is 0 Å². The van der Waals surface area contributed by atoms with Crippen LogP contribution in [0.15, 0.2) is 18.2 Å². The molecule has 0 heterocycles. The van der Waals surface area contributed by atoms with E-state index in [2.05, 4.69) is 20.8 Å². The molecule has 0 bridgehead atoms. The summed E-state index contributed by atoms with van der Waals surface area (Å²) in [6.45, 7) is 8.36. The number of halogens is 1. The van der Waals surface area contributed by atoms with Crippen LogP contribution in [0.25, 0.3) is 0 Å². The van der Waals surface area contributed by atoms with Crippen LogP contribution in [-0.4, -0.2) is 0 Å². The van der Waals surface area contributed by atoms with Crippen LogP contribution in [0.1, 0.15) is 51.2 Å². The fourth-order valence-corrected chi connectivity index (χ4v) is 1.78. The maximum absolute atomic E-state index is 13.4. The number of hydrogen-bond donors (Lipinski definition) is 0. The summed E-state index contributed by atoms with van der Waals surface area (Å²) in [6.07, 6.45) is 3.51. The molecule has 0 aliphatic heterocycles. The van der Waals surface area contributed by atoms with Gasteiger partial charge in [-0.15, -0.1) is 0 Å². The Bertz CT molecular complexity index is 326. The second-order valence-electron chi connectivity index (χ2n) is 4.95. The van der Waals surface area contributed by atoms with Crippen LogP contribution in [0.4, 0.5) is 4.39 Å². The van der Waals surface area contributed by atoms with Crippen molar-refractivity contribution in [3.63, 3.8) is 0 Å². The molecule has 0 saturated carbocycles. The monoisotopic (exact) mass is 208 g/mol. The van der Waals surface area contributed by atoms with Crippen molar-refractivity contribution in [3.05, 3.63) is 35.1 Å². The summed E-state index contributed by atoms with van der Waals surface area (Å²) in [7, 11) is 0. The van der Waals surface area contributed by atoms with E-state index in [1.54, 1.807) is 13.0 Å². The number of unbranched alkanes of at least 4 members (excludes halogenated alkanes) is 1. The Morgan fingerprint density at radius 1 is 1.27 bits per heavy atom. The van der Waals surface area contributed by atoms with Gasteiger partial charge >= 0.3 is 0 Å². The predicted molar refractivity (Wildman–Crippen MR) is 63.7 cm³/mol. The summed E-state index contributed by atoms with van der Waals surface area (Å²) in [6, 6.07) is 5.61. The van der Waals surface area contributed by atoms with Crippen molar-refractivity contribution < 1.29 is 4.39 Å². The lowest BCUT2D eigenvalue weighted by Crippen LogP contribution is -2.17. The third-order valence-corrected chi connectivity index (χ3v) is 3.11. The molecule has 1 rings (SSSR count). The fourth-order valence-electron chi connectivity index (χ4n) is 1.78. The van der Waals surface area contributed by atoms with E-state index < -0.39 is 0 Å². The summed E-state index contributed by atoms with van der Waals surface area (Å²) < 4.78 is 13.4.